The van der Waals surface area contributed by atoms with E-state index >= 15 is 0 Å². The predicted octanol–water partition coefficient (Wildman–Crippen LogP) is 2.97. The van der Waals surface area contributed by atoms with Gasteiger partial charge in [0.15, 0.2) is 12.4 Å². The monoisotopic (exact) mass is 370 g/mol. The Kier molecular flexibility index (Phi) is 5.58. The van der Waals surface area contributed by atoms with Crippen molar-refractivity contribution in [1.29, 1.82) is 5.26 Å². The van der Waals surface area contributed by atoms with E-state index in [9.17, 15) is 14.9 Å². The fraction of sp³-hybridized carbons (Fsp3) is 0.438. The van der Waals surface area contributed by atoms with Crippen LogP contribution in [0, 0.1) is 17.2 Å². The minimum absolute atomic E-state index is 0.101. The van der Waals surface area contributed by atoms with Gasteiger partial charge in [-0.2, -0.15) is 5.26 Å². The zero-order valence-electron chi connectivity index (χ0n) is 13.2. The molecule has 1 fully saturated rings. The number of hydrogen-bond acceptors (Lipinski definition) is 5. The summed E-state index contributed by atoms with van der Waals surface area (Å²) in [7, 11) is 1.40. The molecule has 1 saturated carbocycles. The van der Waals surface area contributed by atoms with Gasteiger partial charge in [0.2, 0.25) is 0 Å². The van der Waals surface area contributed by atoms with Crippen molar-refractivity contribution in [2.45, 2.75) is 25.3 Å². The molecule has 6 nitrogen and oxygen atoms in total. The number of nitriles is 1. The van der Waals surface area contributed by atoms with E-state index in [1.54, 1.807) is 6.92 Å². The van der Waals surface area contributed by atoms with Crippen LogP contribution >= 0.6 is 23.2 Å². The van der Waals surface area contributed by atoms with Crippen LogP contribution < -0.4 is 10.1 Å². The summed E-state index contributed by atoms with van der Waals surface area (Å²) in [6.45, 7) is 1.16. The predicted molar refractivity (Wildman–Crippen MR) is 88.2 cm³/mol. The van der Waals surface area contributed by atoms with E-state index < -0.39 is 24.0 Å². The molecule has 0 saturated heterocycles. The molecule has 1 aromatic rings. The normalized spacial score (nSPS) is 15.8. The highest BCUT2D eigenvalue weighted by atomic mass is 35.5. The van der Waals surface area contributed by atoms with E-state index in [0.29, 0.717) is 0 Å². The zero-order valence-corrected chi connectivity index (χ0v) is 14.7. The van der Waals surface area contributed by atoms with Crippen molar-refractivity contribution in [1.82, 2.24) is 5.32 Å². The molecular formula is C16H16Cl2N2O4. The lowest BCUT2D eigenvalue weighted by atomic mass is 9.98. The number of benzene rings is 1. The molecule has 0 bridgehead atoms. The summed E-state index contributed by atoms with van der Waals surface area (Å²) in [6, 6.07) is 4.78. The minimum Gasteiger partial charge on any atom is -0.494 e. The molecule has 2 rings (SSSR count). The molecule has 0 aromatic heterocycles. The number of hydrogen-bond donors (Lipinski definition) is 1. The Labute approximate surface area is 149 Å². The van der Waals surface area contributed by atoms with Crippen LogP contribution in [0.5, 0.6) is 5.75 Å². The van der Waals surface area contributed by atoms with Gasteiger partial charge >= 0.3 is 5.97 Å². The summed E-state index contributed by atoms with van der Waals surface area (Å²) in [5, 5.41) is 12.1. The molecule has 1 aromatic carbocycles. The number of carbonyl (C=O) groups excluding carboxylic acids is 2. The average Bonchev–Trinajstić information content (AvgIpc) is 3.37. The first-order valence-corrected chi connectivity index (χ1v) is 7.98. The molecule has 0 aliphatic heterocycles. The van der Waals surface area contributed by atoms with Crippen molar-refractivity contribution in [3.63, 3.8) is 0 Å². The lowest BCUT2D eigenvalue weighted by Gasteiger charge is -2.22. The van der Waals surface area contributed by atoms with Gasteiger partial charge in [0, 0.05) is 0 Å². The third-order valence-corrected chi connectivity index (χ3v) is 4.36. The summed E-state index contributed by atoms with van der Waals surface area (Å²) in [6.07, 6.45) is 1.79. The SMILES string of the molecule is COc1c(Cl)cc(C(=O)OCC(=O)N[C@](C)(C#N)C2CC2)cc1Cl. The first kappa shape index (κ1) is 18.4. The molecule has 0 radical (unpaired) electrons. The van der Waals surface area contributed by atoms with Crippen LogP contribution in [0.4, 0.5) is 0 Å². The molecule has 1 atom stereocenters. The molecule has 1 amide bonds. The molecule has 1 aliphatic rings. The molecule has 0 spiro atoms. The fourth-order valence-corrected chi connectivity index (χ4v) is 2.94. The number of carbonyl (C=O) groups is 2. The van der Waals surface area contributed by atoms with Crippen molar-refractivity contribution in [2.24, 2.45) is 5.92 Å². The van der Waals surface area contributed by atoms with Crippen molar-refractivity contribution >= 4 is 35.1 Å². The molecule has 24 heavy (non-hydrogen) atoms. The van der Waals surface area contributed by atoms with Gasteiger partial charge < -0.3 is 14.8 Å². The van der Waals surface area contributed by atoms with Gasteiger partial charge in [0.25, 0.3) is 5.91 Å². The maximum absolute atomic E-state index is 12.0. The highest BCUT2D eigenvalue weighted by molar-refractivity contribution is 6.37. The average molecular weight is 371 g/mol. The number of ether oxygens (including phenoxy) is 2. The van der Waals surface area contributed by atoms with Crippen LogP contribution in [0.15, 0.2) is 12.1 Å². The number of halogens is 2. The van der Waals surface area contributed by atoms with Crippen LogP contribution in [0.3, 0.4) is 0 Å². The largest absolute Gasteiger partial charge is 0.494 e. The maximum Gasteiger partial charge on any atom is 0.338 e. The first-order valence-electron chi connectivity index (χ1n) is 7.23. The van der Waals surface area contributed by atoms with E-state index in [1.807, 2.05) is 0 Å². The Morgan fingerprint density at radius 2 is 1.96 bits per heavy atom. The summed E-state index contributed by atoms with van der Waals surface area (Å²) in [5.74, 6) is -0.894. The van der Waals surface area contributed by atoms with Gasteiger partial charge in [0.05, 0.1) is 28.8 Å². The van der Waals surface area contributed by atoms with Crippen LogP contribution in [-0.2, 0) is 9.53 Å². The molecule has 0 heterocycles. The zero-order chi connectivity index (χ0) is 17.9. The van der Waals surface area contributed by atoms with Crippen molar-refractivity contribution in [3.05, 3.63) is 27.7 Å². The number of esters is 1. The lowest BCUT2D eigenvalue weighted by molar-refractivity contribution is -0.125. The summed E-state index contributed by atoms with van der Waals surface area (Å²) < 4.78 is 9.94. The van der Waals surface area contributed by atoms with Gasteiger partial charge in [-0.05, 0) is 37.8 Å². The van der Waals surface area contributed by atoms with Gasteiger partial charge in [-0.25, -0.2) is 4.79 Å². The van der Waals surface area contributed by atoms with Crippen LogP contribution in [0.1, 0.15) is 30.1 Å². The number of nitrogens with zero attached hydrogens (tertiary/aromatic N) is 1. The standard InChI is InChI=1S/C16H16Cl2N2O4/c1-16(8-19,10-3-4-10)20-13(21)7-24-15(22)9-5-11(17)14(23-2)12(18)6-9/h5-6,10H,3-4,7H2,1-2H3,(H,20,21)/t16-/m1/s1. The highest BCUT2D eigenvalue weighted by Crippen LogP contribution is 2.39. The first-order chi connectivity index (χ1) is 11.3. The van der Waals surface area contributed by atoms with Crippen LogP contribution in [-0.4, -0.2) is 31.1 Å². The third-order valence-electron chi connectivity index (χ3n) is 3.80. The molecule has 128 valence electrons. The van der Waals surface area contributed by atoms with Crippen molar-refractivity contribution in [2.75, 3.05) is 13.7 Å². The van der Waals surface area contributed by atoms with Gasteiger partial charge in [-0.15, -0.1) is 0 Å². The molecule has 0 unspecified atom stereocenters. The van der Waals surface area contributed by atoms with Gasteiger partial charge in [-0.1, -0.05) is 23.2 Å². The number of amides is 1. The Bertz CT molecular complexity index is 690. The van der Waals surface area contributed by atoms with E-state index in [-0.39, 0.29) is 27.3 Å². The Morgan fingerprint density at radius 1 is 1.38 bits per heavy atom. The van der Waals surface area contributed by atoms with E-state index in [0.717, 1.165) is 12.8 Å². The van der Waals surface area contributed by atoms with Gasteiger partial charge in [-0.3, -0.25) is 4.79 Å². The quantitative estimate of drug-likeness (QED) is 0.777. The van der Waals surface area contributed by atoms with Crippen molar-refractivity contribution in [3.8, 4) is 11.8 Å². The lowest BCUT2D eigenvalue weighted by Crippen LogP contribution is -2.48. The molecular weight excluding hydrogens is 355 g/mol. The molecule has 1 aliphatic carbocycles. The highest BCUT2D eigenvalue weighted by Gasteiger charge is 2.43. The topological polar surface area (TPSA) is 88.4 Å². The van der Waals surface area contributed by atoms with Crippen molar-refractivity contribution < 1.29 is 19.1 Å². The van der Waals surface area contributed by atoms with Crippen LogP contribution in [0.25, 0.3) is 0 Å². The Hall–Kier alpha value is -1.97. The Balaban J connectivity index is 1.96. The number of methoxy groups -OCH3 is 1. The Morgan fingerprint density at radius 3 is 2.42 bits per heavy atom. The van der Waals surface area contributed by atoms with E-state index in [4.69, 9.17) is 32.7 Å². The second-order valence-electron chi connectivity index (χ2n) is 5.69. The summed E-state index contributed by atoms with van der Waals surface area (Å²) >= 11 is 11.9. The second kappa shape index (κ2) is 7.29. The van der Waals surface area contributed by atoms with Gasteiger partial charge in [0.1, 0.15) is 5.54 Å². The summed E-state index contributed by atoms with van der Waals surface area (Å²) in [5.41, 5.74) is -0.834. The second-order valence-corrected chi connectivity index (χ2v) is 6.50. The van der Waals surface area contributed by atoms with Crippen LogP contribution in [0.2, 0.25) is 10.0 Å². The molecule has 1 N–H and O–H groups in total. The van der Waals surface area contributed by atoms with E-state index in [1.165, 1.54) is 19.2 Å². The van der Waals surface area contributed by atoms with E-state index in [2.05, 4.69) is 11.4 Å². The smallest absolute Gasteiger partial charge is 0.338 e. The summed E-state index contributed by atoms with van der Waals surface area (Å²) in [4.78, 5) is 23.9. The fourth-order valence-electron chi connectivity index (χ4n) is 2.29. The molecule has 8 heteroatoms. The number of nitrogens with one attached hydrogen (secondary N) is 1. The number of rotatable bonds is 6. The maximum atomic E-state index is 12.0. The third kappa shape index (κ3) is 4.11. The minimum atomic E-state index is -0.934.